The van der Waals surface area contributed by atoms with Crippen LogP contribution in [0.1, 0.15) is 18.5 Å². The zero-order valence-corrected chi connectivity index (χ0v) is 12.5. The number of hydrogen-bond donors (Lipinski definition) is 2. The van der Waals surface area contributed by atoms with Gasteiger partial charge >= 0.3 is 0 Å². The van der Waals surface area contributed by atoms with E-state index in [1.807, 2.05) is 13.1 Å². The van der Waals surface area contributed by atoms with Crippen LogP contribution in [-0.4, -0.2) is 65.5 Å². The van der Waals surface area contributed by atoms with Crippen molar-refractivity contribution in [1.82, 2.24) is 14.9 Å². The SMILES string of the molecule is CNc1cc(CC2CCN([C@@H]3COC[C@@H]3O)CC2)ncn1. The summed E-state index contributed by atoms with van der Waals surface area (Å²) in [6, 6.07) is 2.22. The van der Waals surface area contributed by atoms with E-state index in [0.717, 1.165) is 43.9 Å². The van der Waals surface area contributed by atoms with Crippen LogP contribution in [0.2, 0.25) is 0 Å². The fourth-order valence-electron chi connectivity index (χ4n) is 3.31. The third-order valence-corrected chi connectivity index (χ3v) is 4.62. The highest BCUT2D eigenvalue weighted by Crippen LogP contribution is 2.25. The summed E-state index contributed by atoms with van der Waals surface area (Å²) in [6.45, 7) is 3.24. The molecule has 0 saturated carbocycles. The lowest BCUT2D eigenvalue weighted by molar-refractivity contribution is 0.0586. The molecule has 21 heavy (non-hydrogen) atoms. The van der Waals surface area contributed by atoms with Crippen LogP contribution in [-0.2, 0) is 11.2 Å². The van der Waals surface area contributed by atoms with Gasteiger partial charge < -0.3 is 15.2 Å². The van der Waals surface area contributed by atoms with Crippen molar-refractivity contribution in [3.8, 4) is 0 Å². The molecule has 0 aliphatic carbocycles. The van der Waals surface area contributed by atoms with Gasteiger partial charge in [-0.25, -0.2) is 9.97 Å². The minimum absolute atomic E-state index is 0.195. The van der Waals surface area contributed by atoms with Gasteiger partial charge in [0.25, 0.3) is 0 Å². The molecule has 2 atom stereocenters. The van der Waals surface area contributed by atoms with Crippen LogP contribution < -0.4 is 5.32 Å². The number of anilines is 1. The molecule has 116 valence electrons. The van der Waals surface area contributed by atoms with Crippen molar-refractivity contribution in [2.75, 3.05) is 38.7 Å². The Bertz CT molecular complexity index is 463. The van der Waals surface area contributed by atoms with Crippen molar-refractivity contribution in [3.05, 3.63) is 18.1 Å². The van der Waals surface area contributed by atoms with E-state index < -0.39 is 0 Å². The summed E-state index contributed by atoms with van der Waals surface area (Å²) >= 11 is 0. The monoisotopic (exact) mass is 292 g/mol. The lowest BCUT2D eigenvalue weighted by Crippen LogP contribution is -2.47. The highest BCUT2D eigenvalue weighted by Gasteiger charge is 2.33. The Hall–Kier alpha value is -1.24. The summed E-state index contributed by atoms with van der Waals surface area (Å²) in [4.78, 5) is 10.9. The molecule has 0 unspecified atom stereocenters. The van der Waals surface area contributed by atoms with E-state index in [-0.39, 0.29) is 12.1 Å². The summed E-state index contributed by atoms with van der Waals surface area (Å²) in [5, 5.41) is 13.0. The number of nitrogens with zero attached hydrogens (tertiary/aromatic N) is 3. The quantitative estimate of drug-likeness (QED) is 0.844. The van der Waals surface area contributed by atoms with Crippen molar-refractivity contribution in [1.29, 1.82) is 0 Å². The standard InChI is InChI=1S/C15H24N4O2/c1-16-15-7-12(17-10-18-15)6-11-2-4-19(5-3-11)13-8-21-9-14(13)20/h7,10-11,13-14,20H,2-6,8-9H2,1H3,(H,16,17,18)/t13-,14+/m1/s1. The molecule has 0 spiro atoms. The van der Waals surface area contributed by atoms with Crippen LogP contribution >= 0.6 is 0 Å². The van der Waals surface area contributed by atoms with Crippen molar-refractivity contribution in [2.24, 2.45) is 5.92 Å². The number of likely N-dealkylation sites (tertiary alicyclic amines) is 1. The zero-order valence-electron chi connectivity index (χ0n) is 12.5. The number of aliphatic hydroxyl groups excluding tert-OH is 1. The molecule has 1 aromatic rings. The molecule has 0 aromatic carbocycles. The number of rotatable bonds is 4. The summed E-state index contributed by atoms with van der Waals surface area (Å²) in [5.41, 5.74) is 1.11. The van der Waals surface area contributed by atoms with Crippen molar-refractivity contribution < 1.29 is 9.84 Å². The lowest BCUT2D eigenvalue weighted by Gasteiger charge is -2.36. The summed E-state index contributed by atoms with van der Waals surface area (Å²) < 4.78 is 5.36. The second kappa shape index (κ2) is 6.68. The summed E-state index contributed by atoms with van der Waals surface area (Å²) in [6.07, 6.45) is 4.63. The van der Waals surface area contributed by atoms with E-state index in [2.05, 4.69) is 20.2 Å². The number of ether oxygens (including phenoxy) is 1. The van der Waals surface area contributed by atoms with Gasteiger partial charge in [-0.15, -0.1) is 0 Å². The van der Waals surface area contributed by atoms with E-state index >= 15 is 0 Å². The molecule has 3 heterocycles. The van der Waals surface area contributed by atoms with Gasteiger partial charge in [0.2, 0.25) is 0 Å². The Morgan fingerprint density at radius 1 is 1.33 bits per heavy atom. The number of hydrogen-bond acceptors (Lipinski definition) is 6. The lowest BCUT2D eigenvalue weighted by atomic mass is 9.91. The molecule has 2 fully saturated rings. The van der Waals surface area contributed by atoms with E-state index in [0.29, 0.717) is 19.1 Å². The van der Waals surface area contributed by atoms with Gasteiger partial charge in [0.1, 0.15) is 12.1 Å². The number of nitrogens with one attached hydrogen (secondary N) is 1. The average Bonchev–Trinajstić information content (AvgIpc) is 2.94. The maximum atomic E-state index is 9.91. The third kappa shape index (κ3) is 3.51. The predicted molar refractivity (Wildman–Crippen MR) is 80.2 cm³/mol. The van der Waals surface area contributed by atoms with E-state index in [9.17, 15) is 5.11 Å². The summed E-state index contributed by atoms with van der Waals surface area (Å²) in [7, 11) is 1.87. The van der Waals surface area contributed by atoms with Crippen LogP contribution in [0.5, 0.6) is 0 Å². The molecule has 0 amide bonds. The fourth-order valence-corrected chi connectivity index (χ4v) is 3.31. The molecule has 0 bridgehead atoms. The highest BCUT2D eigenvalue weighted by molar-refractivity contribution is 5.33. The zero-order chi connectivity index (χ0) is 14.7. The maximum absolute atomic E-state index is 9.91. The molecule has 3 rings (SSSR count). The second-order valence-electron chi connectivity index (χ2n) is 6.00. The van der Waals surface area contributed by atoms with Gasteiger partial charge in [0.05, 0.1) is 25.4 Å². The first-order valence-electron chi connectivity index (χ1n) is 7.75. The first kappa shape index (κ1) is 14.7. The second-order valence-corrected chi connectivity index (χ2v) is 6.00. The van der Waals surface area contributed by atoms with Gasteiger partial charge in [-0.2, -0.15) is 0 Å². The van der Waals surface area contributed by atoms with E-state index in [1.54, 1.807) is 6.33 Å². The normalized spacial score (nSPS) is 27.9. The Morgan fingerprint density at radius 2 is 2.14 bits per heavy atom. The van der Waals surface area contributed by atoms with Crippen LogP contribution in [0, 0.1) is 5.92 Å². The van der Waals surface area contributed by atoms with Crippen molar-refractivity contribution in [3.63, 3.8) is 0 Å². The molecule has 2 saturated heterocycles. The van der Waals surface area contributed by atoms with E-state index in [4.69, 9.17) is 4.74 Å². The molecule has 6 heteroatoms. The number of piperidine rings is 1. The predicted octanol–water partition coefficient (Wildman–Crippen LogP) is 0.532. The topological polar surface area (TPSA) is 70.5 Å². The Morgan fingerprint density at radius 3 is 2.81 bits per heavy atom. The Labute approximate surface area is 125 Å². The van der Waals surface area contributed by atoms with Gasteiger partial charge in [0.15, 0.2) is 0 Å². The Balaban J connectivity index is 1.51. The van der Waals surface area contributed by atoms with Crippen LogP contribution in [0.25, 0.3) is 0 Å². The minimum atomic E-state index is -0.318. The molecular formula is C15H24N4O2. The molecule has 0 radical (unpaired) electrons. The first-order chi connectivity index (χ1) is 10.3. The van der Waals surface area contributed by atoms with Crippen LogP contribution in [0.3, 0.4) is 0 Å². The molecule has 6 nitrogen and oxygen atoms in total. The van der Waals surface area contributed by atoms with Crippen molar-refractivity contribution in [2.45, 2.75) is 31.4 Å². The minimum Gasteiger partial charge on any atom is -0.389 e. The number of aromatic nitrogens is 2. The van der Waals surface area contributed by atoms with Gasteiger partial charge in [0, 0.05) is 18.8 Å². The smallest absolute Gasteiger partial charge is 0.129 e. The van der Waals surface area contributed by atoms with Crippen LogP contribution in [0.4, 0.5) is 5.82 Å². The van der Waals surface area contributed by atoms with Crippen molar-refractivity contribution >= 4 is 5.82 Å². The molecule has 2 aliphatic rings. The average molecular weight is 292 g/mol. The maximum Gasteiger partial charge on any atom is 0.129 e. The summed E-state index contributed by atoms with van der Waals surface area (Å²) in [5.74, 6) is 1.55. The number of aliphatic hydroxyl groups is 1. The van der Waals surface area contributed by atoms with Crippen LogP contribution in [0.15, 0.2) is 12.4 Å². The fraction of sp³-hybridized carbons (Fsp3) is 0.733. The van der Waals surface area contributed by atoms with E-state index in [1.165, 1.54) is 0 Å². The highest BCUT2D eigenvalue weighted by atomic mass is 16.5. The first-order valence-corrected chi connectivity index (χ1v) is 7.75. The largest absolute Gasteiger partial charge is 0.389 e. The molecular weight excluding hydrogens is 268 g/mol. The molecule has 1 aromatic heterocycles. The Kier molecular flexibility index (Phi) is 4.67. The molecule has 2 N–H and O–H groups in total. The molecule has 2 aliphatic heterocycles. The van der Waals surface area contributed by atoms with Gasteiger partial charge in [-0.05, 0) is 38.3 Å². The third-order valence-electron chi connectivity index (χ3n) is 4.62. The van der Waals surface area contributed by atoms with Gasteiger partial charge in [-0.3, -0.25) is 4.90 Å². The van der Waals surface area contributed by atoms with Gasteiger partial charge in [-0.1, -0.05) is 0 Å².